The minimum Gasteiger partial charge on any atom is -0.391 e. The molecule has 0 aliphatic rings. The van der Waals surface area contributed by atoms with Gasteiger partial charge in [-0.2, -0.15) is 0 Å². The number of anilines is 1. The highest BCUT2D eigenvalue weighted by Crippen LogP contribution is 2.00. The molecule has 0 saturated carbocycles. The van der Waals surface area contributed by atoms with Gasteiger partial charge in [0.1, 0.15) is 4.67 Å². The van der Waals surface area contributed by atoms with E-state index in [-0.39, 0.29) is 0 Å². The number of rotatable bonds is 0. The summed E-state index contributed by atoms with van der Waals surface area (Å²) >= 11 is 1.28. The molecule has 1 heterocycles. The third kappa shape index (κ3) is 1.07. The monoisotopic (exact) mass is 126 g/mol. The normalized spacial score (nSPS) is 9.00. The zero-order valence-corrected chi connectivity index (χ0v) is 5.03. The second-order valence-corrected chi connectivity index (χ2v) is 2.51. The smallest absolute Gasteiger partial charge is 0.109 e. The lowest BCUT2D eigenvalue weighted by molar-refractivity contribution is 1.35. The lowest BCUT2D eigenvalue weighted by Crippen LogP contribution is -1.91. The fraction of sp³-hybridized carbons (Fsp3) is 0. The van der Waals surface area contributed by atoms with Crippen LogP contribution in [0.15, 0.2) is 18.2 Å². The Bertz CT molecular complexity index is 228. The van der Waals surface area contributed by atoms with E-state index in [0.717, 1.165) is 0 Å². The molecule has 0 aromatic carbocycles. The number of hydrogen-bond donors (Lipinski definition) is 2. The maximum Gasteiger partial charge on any atom is 0.109 e. The fourth-order valence-electron chi connectivity index (χ4n) is 0.425. The topological polar surface area (TPSA) is 49.9 Å². The molecule has 42 valence electrons. The van der Waals surface area contributed by atoms with Crippen LogP contribution >= 0.6 is 11.3 Å². The van der Waals surface area contributed by atoms with Gasteiger partial charge in [0, 0.05) is 0 Å². The largest absolute Gasteiger partial charge is 0.391 e. The first-order valence-corrected chi connectivity index (χ1v) is 3.01. The van der Waals surface area contributed by atoms with Crippen molar-refractivity contribution in [3.8, 4) is 0 Å². The third-order valence-electron chi connectivity index (χ3n) is 0.736. The molecule has 0 unspecified atom stereocenters. The average Bonchev–Trinajstić information content (AvgIpc) is 1.64. The van der Waals surface area contributed by atoms with Gasteiger partial charge in [0.2, 0.25) is 0 Å². The van der Waals surface area contributed by atoms with Crippen LogP contribution in [0.4, 0.5) is 5.00 Å². The number of nitrogen functional groups attached to an aromatic ring is 1. The highest BCUT2D eigenvalue weighted by Gasteiger charge is 1.79. The van der Waals surface area contributed by atoms with Gasteiger partial charge in [-0.05, 0) is 12.1 Å². The maximum absolute atomic E-state index is 7.07. The van der Waals surface area contributed by atoms with Crippen molar-refractivity contribution in [1.29, 1.82) is 5.41 Å². The van der Waals surface area contributed by atoms with E-state index in [1.165, 1.54) is 11.3 Å². The van der Waals surface area contributed by atoms with Crippen LogP contribution in [0, 0.1) is 5.41 Å². The van der Waals surface area contributed by atoms with Crippen LogP contribution in [0.2, 0.25) is 0 Å². The molecular weight excluding hydrogens is 120 g/mol. The molecule has 3 N–H and O–H groups in total. The highest BCUT2D eigenvalue weighted by atomic mass is 32.1. The van der Waals surface area contributed by atoms with Gasteiger partial charge in [0.05, 0.1) is 5.00 Å². The Hall–Kier alpha value is -0.830. The molecule has 0 saturated heterocycles. The Balaban J connectivity index is 3.28. The lowest BCUT2D eigenvalue weighted by Gasteiger charge is -1.84. The molecule has 0 aliphatic carbocycles. The molecular formula is C5H6N2S. The van der Waals surface area contributed by atoms with Crippen LogP contribution in [-0.4, -0.2) is 0 Å². The summed E-state index contributed by atoms with van der Waals surface area (Å²) in [5.41, 5.74) is 5.36. The second kappa shape index (κ2) is 1.96. The molecule has 3 heteroatoms. The van der Waals surface area contributed by atoms with Gasteiger partial charge in [-0.3, -0.25) is 5.41 Å². The fourth-order valence-corrected chi connectivity index (χ4v) is 0.973. The van der Waals surface area contributed by atoms with Crippen LogP contribution in [0.3, 0.4) is 0 Å². The van der Waals surface area contributed by atoms with Crippen molar-refractivity contribution in [1.82, 2.24) is 0 Å². The number of hydrogen-bond acceptors (Lipinski definition) is 3. The van der Waals surface area contributed by atoms with E-state index < -0.39 is 0 Å². The minimum absolute atomic E-state index is 0.505. The quantitative estimate of drug-likeness (QED) is 0.531. The van der Waals surface area contributed by atoms with E-state index in [1.807, 2.05) is 0 Å². The van der Waals surface area contributed by atoms with Crippen LogP contribution < -0.4 is 10.4 Å². The van der Waals surface area contributed by atoms with E-state index in [9.17, 15) is 0 Å². The third-order valence-corrected chi connectivity index (χ3v) is 1.46. The number of nitrogens with one attached hydrogen (secondary N) is 1. The summed E-state index contributed by atoms with van der Waals surface area (Å²) in [6.45, 7) is 0. The van der Waals surface area contributed by atoms with Crippen molar-refractivity contribution in [3.05, 3.63) is 22.9 Å². The van der Waals surface area contributed by atoms with Gasteiger partial charge < -0.3 is 5.73 Å². The summed E-state index contributed by atoms with van der Waals surface area (Å²) in [6.07, 6.45) is 0. The average molecular weight is 126 g/mol. The van der Waals surface area contributed by atoms with Crippen molar-refractivity contribution in [2.45, 2.75) is 0 Å². The van der Waals surface area contributed by atoms with Crippen molar-refractivity contribution >= 4 is 16.3 Å². The van der Waals surface area contributed by atoms with Gasteiger partial charge >= 0.3 is 0 Å². The first-order valence-electron chi connectivity index (χ1n) is 2.19. The lowest BCUT2D eigenvalue weighted by atomic mass is 10.5. The Morgan fingerprint density at radius 1 is 1.50 bits per heavy atom. The van der Waals surface area contributed by atoms with Gasteiger partial charge in [-0.15, -0.1) is 0 Å². The molecule has 0 atom stereocenters. The Labute approximate surface area is 51.1 Å². The molecule has 0 bridgehead atoms. The predicted molar refractivity (Wildman–Crippen MR) is 34.6 cm³/mol. The Morgan fingerprint density at radius 2 is 2.25 bits per heavy atom. The standard InChI is InChI=1S/C5H6N2S/c6-4-2-1-3-5(7)8-4/h1-3,6H,7H2. The zero-order chi connectivity index (χ0) is 5.98. The van der Waals surface area contributed by atoms with E-state index in [4.69, 9.17) is 11.1 Å². The number of nitrogens with two attached hydrogens (primary N) is 1. The molecule has 0 spiro atoms. The summed E-state index contributed by atoms with van der Waals surface area (Å²) in [6, 6.07) is 5.26. The summed E-state index contributed by atoms with van der Waals surface area (Å²) < 4.78 is 0.505. The maximum atomic E-state index is 7.07. The van der Waals surface area contributed by atoms with Crippen molar-refractivity contribution < 1.29 is 0 Å². The molecule has 2 nitrogen and oxygen atoms in total. The van der Waals surface area contributed by atoms with E-state index in [1.54, 1.807) is 18.2 Å². The van der Waals surface area contributed by atoms with Crippen LogP contribution in [0.1, 0.15) is 0 Å². The Kier molecular flexibility index (Phi) is 1.30. The van der Waals surface area contributed by atoms with Gasteiger partial charge in [0.25, 0.3) is 0 Å². The van der Waals surface area contributed by atoms with Gasteiger partial charge in [0.15, 0.2) is 0 Å². The highest BCUT2D eigenvalue weighted by molar-refractivity contribution is 7.13. The summed E-state index contributed by atoms with van der Waals surface area (Å²) in [5.74, 6) is 0. The molecule has 1 aromatic heterocycles. The molecule has 8 heavy (non-hydrogen) atoms. The summed E-state index contributed by atoms with van der Waals surface area (Å²) in [7, 11) is 0. The predicted octanol–water partition coefficient (Wildman–Crippen LogP) is 0.810. The van der Waals surface area contributed by atoms with Crippen LogP contribution in [0.5, 0.6) is 0 Å². The SMILES string of the molecule is N=c1cccc(N)s1. The first kappa shape index (κ1) is 5.31. The van der Waals surface area contributed by atoms with Crippen LogP contribution in [0.25, 0.3) is 0 Å². The van der Waals surface area contributed by atoms with Gasteiger partial charge in [-0.1, -0.05) is 17.4 Å². The molecule has 0 aliphatic heterocycles. The minimum atomic E-state index is 0.505. The van der Waals surface area contributed by atoms with E-state index in [0.29, 0.717) is 9.67 Å². The van der Waals surface area contributed by atoms with Crippen molar-refractivity contribution in [2.75, 3.05) is 5.73 Å². The van der Waals surface area contributed by atoms with E-state index in [2.05, 4.69) is 0 Å². The van der Waals surface area contributed by atoms with E-state index >= 15 is 0 Å². The molecule has 0 amide bonds. The van der Waals surface area contributed by atoms with Crippen molar-refractivity contribution in [3.63, 3.8) is 0 Å². The van der Waals surface area contributed by atoms with Crippen LogP contribution in [-0.2, 0) is 0 Å². The molecule has 1 rings (SSSR count). The van der Waals surface area contributed by atoms with Crippen molar-refractivity contribution in [2.24, 2.45) is 0 Å². The first-order chi connectivity index (χ1) is 3.79. The summed E-state index contributed by atoms with van der Waals surface area (Å²) in [4.78, 5) is 0. The van der Waals surface area contributed by atoms with Gasteiger partial charge in [-0.25, -0.2) is 0 Å². The molecule has 0 fully saturated rings. The second-order valence-electron chi connectivity index (χ2n) is 1.39. The Morgan fingerprint density at radius 3 is 2.62 bits per heavy atom. The molecule has 0 radical (unpaired) electrons. The molecule has 1 aromatic rings. The zero-order valence-electron chi connectivity index (χ0n) is 4.22. The summed E-state index contributed by atoms with van der Waals surface area (Å²) in [5, 5.41) is 7.77.